The maximum Gasteiger partial charge on any atom is 0.303 e. The Morgan fingerprint density at radius 3 is 2.86 bits per heavy atom. The molecule has 6 heteroatoms. The van der Waals surface area contributed by atoms with Gasteiger partial charge in [0.15, 0.2) is 0 Å². The lowest BCUT2D eigenvalue weighted by atomic mass is 10.3. The number of halogens is 2. The second kappa shape index (κ2) is 4.59. The second-order valence-electron chi connectivity index (χ2n) is 2.59. The van der Waals surface area contributed by atoms with Crippen LogP contribution in [0.3, 0.4) is 0 Å². The van der Waals surface area contributed by atoms with Crippen LogP contribution in [0.4, 0.5) is 8.78 Å². The highest BCUT2D eigenvalue weighted by Gasteiger charge is 2.10. The molecule has 0 fully saturated rings. The largest absolute Gasteiger partial charge is 0.481 e. The number of alkyl halides is 2. The smallest absolute Gasteiger partial charge is 0.303 e. The van der Waals surface area contributed by atoms with Crippen molar-refractivity contribution in [1.29, 1.82) is 0 Å². The zero-order chi connectivity index (χ0) is 10.6. The summed E-state index contributed by atoms with van der Waals surface area (Å²) in [5.41, 5.74) is -0.375. The standard InChI is InChI=1S/C8H8F2N2O2/c9-8(10)5-3-4-11-6(12-5)1-2-7(13)14/h3-4,8H,1-2H2,(H,13,14). The van der Waals surface area contributed by atoms with E-state index < -0.39 is 12.4 Å². The number of carboxylic acids is 1. The topological polar surface area (TPSA) is 63.1 Å². The zero-order valence-corrected chi connectivity index (χ0v) is 7.15. The summed E-state index contributed by atoms with van der Waals surface area (Å²) in [6.45, 7) is 0. The van der Waals surface area contributed by atoms with Gasteiger partial charge in [-0.3, -0.25) is 4.79 Å². The SMILES string of the molecule is O=C(O)CCc1nccc(C(F)F)n1. The number of carbonyl (C=O) groups is 1. The molecule has 1 N–H and O–H groups in total. The van der Waals surface area contributed by atoms with Gasteiger partial charge in [0.1, 0.15) is 11.5 Å². The van der Waals surface area contributed by atoms with Crippen molar-refractivity contribution in [3.63, 3.8) is 0 Å². The van der Waals surface area contributed by atoms with E-state index >= 15 is 0 Å². The number of aromatic nitrogens is 2. The van der Waals surface area contributed by atoms with Crippen molar-refractivity contribution in [1.82, 2.24) is 9.97 Å². The van der Waals surface area contributed by atoms with Crippen molar-refractivity contribution in [3.05, 3.63) is 23.8 Å². The molecule has 0 aromatic carbocycles. The maximum absolute atomic E-state index is 12.1. The quantitative estimate of drug-likeness (QED) is 0.802. The highest BCUT2D eigenvalue weighted by atomic mass is 19.3. The minimum Gasteiger partial charge on any atom is -0.481 e. The van der Waals surface area contributed by atoms with E-state index in [1.54, 1.807) is 0 Å². The Kier molecular flexibility index (Phi) is 3.44. The summed E-state index contributed by atoms with van der Waals surface area (Å²) in [6.07, 6.45) is -1.55. The van der Waals surface area contributed by atoms with Gasteiger partial charge in [0.05, 0.1) is 6.42 Å². The van der Waals surface area contributed by atoms with Crippen molar-refractivity contribution in [2.45, 2.75) is 19.3 Å². The molecular weight excluding hydrogens is 194 g/mol. The molecular formula is C8H8F2N2O2. The molecule has 1 aromatic heterocycles. The minimum atomic E-state index is -2.65. The van der Waals surface area contributed by atoms with Gasteiger partial charge in [0.2, 0.25) is 0 Å². The first-order chi connectivity index (χ1) is 6.59. The Morgan fingerprint density at radius 2 is 2.29 bits per heavy atom. The third kappa shape index (κ3) is 3.04. The number of carboxylic acid groups (broad SMARTS) is 1. The van der Waals surface area contributed by atoms with E-state index in [1.165, 1.54) is 6.20 Å². The average molecular weight is 202 g/mol. The van der Waals surface area contributed by atoms with Crippen LogP contribution in [0, 0.1) is 0 Å². The van der Waals surface area contributed by atoms with Gasteiger partial charge >= 0.3 is 5.97 Å². The number of aryl methyl sites for hydroxylation is 1. The van der Waals surface area contributed by atoms with E-state index in [-0.39, 0.29) is 24.4 Å². The van der Waals surface area contributed by atoms with E-state index in [4.69, 9.17) is 5.11 Å². The molecule has 0 radical (unpaired) electrons. The number of aliphatic carboxylic acids is 1. The van der Waals surface area contributed by atoms with Gasteiger partial charge in [0, 0.05) is 12.6 Å². The molecule has 0 unspecified atom stereocenters. The van der Waals surface area contributed by atoms with Gasteiger partial charge in [-0.1, -0.05) is 0 Å². The fourth-order valence-corrected chi connectivity index (χ4v) is 0.876. The van der Waals surface area contributed by atoms with Crippen LogP contribution in [-0.4, -0.2) is 21.0 Å². The van der Waals surface area contributed by atoms with Crippen LogP contribution < -0.4 is 0 Å². The molecule has 0 aliphatic heterocycles. The van der Waals surface area contributed by atoms with Gasteiger partial charge in [0.25, 0.3) is 6.43 Å². The van der Waals surface area contributed by atoms with E-state index in [9.17, 15) is 13.6 Å². The Balaban J connectivity index is 2.68. The summed E-state index contributed by atoms with van der Waals surface area (Å²) < 4.78 is 24.3. The molecule has 76 valence electrons. The maximum atomic E-state index is 12.1. The summed E-state index contributed by atoms with van der Waals surface area (Å²) >= 11 is 0. The molecule has 0 spiro atoms. The minimum absolute atomic E-state index is 0.0654. The predicted molar refractivity (Wildman–Crippen MR) is 42.9 cm³/mol. The number of nitrogens with zero attached hydrogens (tertiary/aromatic N) is 2. The number of rotatable bonds is 4. The van der Waals surface area contributed by atoms with Crippen LogP contribution in [0.2, 0.25) is 0 Å². The molecule has 0 saturated heterocycles. The van der Waals surface area contributed by atoms with Crippen molar-refractivity contribution >= 4 is 5.97 Å². The lowest BCUT2D eigenvalue weighted by Gasteiger charge is -2.00. The molecule has 0 aliphatic rings. The highest BCUT2D eigenvalue weighted by molar-refractivity contribution is 5.66. The summed E-state index contributed by atoms with van der Waals surface area (Å²) in [4.78, 5) is 17.4. The van der Waals surface area contributed by atoms with Crippen LogP contribution in [0.25, 0.3) is 0 Å². The van der Waals surface area contributed by atoms with Crippen molar-refractivity contribution in [3.8, 4) is 0 Å². The van der Waals surface area contributed by atoms with Crippen molar-refractivity contribution in [2.24, 2.45) is 0 Å². The molecule has 0 bridgehead atoms. The summed E-state index contributed by atoms with van der Waals surface area (Å²) in [5, 5.41) is 8.35. The van der Waals surface area contributed by atoms with Crippen LogP contribution in [0.1, 0.15) is 24.4 Å². The van der Waals surface area contributed by atoms with Crippen molar-refractivity contribution < 1.29 is 18.7 Å². The van der Waals surface area contributed by atoms with Crippen LogP contribution in [0.5, 0.6) is 0 Å². The summed E-state index contributed by atoms with van der Waals surface area (Å²) in [7, 11) is 0. The van der Waals surface area contributed by atoms with Crippen LogP contribution in [-0.2, 0) is 11.2 Å². The fraction of sp³-hybridized carbons (Fsp3) is 0.375. The number of hydrogen-bond acceptors (Lipinski definition) is 3. The lowest BCUT2D eigenvalue weighted by Crippen LogP contribution is -2.03. The predicted octanol–water partition coefficient (Wildman–Crippen LogP) is 1.43. The third-order valence-electron chi connectivity index (χ3n) is 1.51. The first-order valence-corrected chi connectivity index (χ1v) is 3.91. The normalized spacial score (nSPS) is 10.5. The monoisotopic (exact) mass is 202 g/mol. The van der Waals surface area contributed by atoms with Crippen LogP contribution >= 0.6 is 0 Å². The van der Waals surface area contributed by atoms with Gasteiger partial charge in [-0.05, 0) is 6.07 Å². The third-order valence-corrected chi connectivity index (χ3v) is 1.51. The van der Waals surface area contributed by atoms with Crippen molar-refractivity contribution in [2.75, 3.05) is 0 Å². The van der Waals surface area contributed by atoms with Crippen LogP contribution in [0.15, 0.2) is 12.3 Å². The van der Waals surface area contributed by atoms with Gasteiger partial charge in [-0.25, -0.2) is 18.7 Å². The summed E-state index contributed by atoms with van der Waals surface area (Å²) in [6, 6.07) is 1.11. The Labute approximate surface area is 78.6 Å². The Morgan fingerprint density at radius 1 is 1.57 bits per heavy atom. The Hall–Kier alpha value is -1.59. The molecule has 4 nitrogen and oxygen atoms in total. The molecule has 1 rings (SSSR count). The number of hydrogen-bond donors (Lipinski definition) is 1. The molecule has 14 heavy (non-hydrogen) atoms. The van der Waals surface area contributed by atoms with E-state index in [2.05, 4.69) is 9.97 Å². The van der Waals surface area contributed by atoms with E-state index in [1.807, 2.05) is 0 Å². The molecule has 0 saturated carbocycles. The zero-order valence-electron chi connectivity index (χ0n) is 7.15. The summed E-state index contributed by atoms with van der Waals surface area (Å²) in [5.74, 6) is -0.874. The molecule has 0 atom stereocenters. The average Bonchev–Trinajstić information content (AvgIpc) is 2.15. The molecule has 1 aromatic rings. The van der Waals surface area contributed by atoms with Gasteiger partial charge < -0.3 is 5.11 Å². The molecule has 0 amide bonds. The highest BCUT2D eigenvalue weighted by Crippen LogP contribution is 2.15. The van der Waals surface area contributed by atoms with Gasteiger partial charge in [-0.15, -0.1) is 0 Å². The first kappa shape index (κ1) is 10.5. The second-order valence-corrected chi connectivity index (χ2v) is 2.59. The molecule has 0 aliphatic carbocycles. The fourth-order valence-electron chi connectivity index (χ4n) is 0.876. The van der Waals surface area contributed by atoms with Gasteiger partial charge in [-0.2, -0.15) is 0 Å². The van der Waals surface area contributed by atoms with E-state index in [0.717, 1.165) is 6.07 Å². The Bertz CT molecular complexity index is 331. The first-order valence-electron chi connectivity index (χ1n) is 3.91. The molecule has 1 heterocycles. The van der Waals surface area contributed by atoms with E-state index in [0.29, 0.717) is 0 Å². The lowest BCUT2D eigenvalue weighted by molar-refractivity contribution is -0.137.